The first-order valence-corrected chi connectivity index (χ1v) is 9.85. The molecule has 1 aliphatic rings. The van der Waals surface area contributed by atoms with Crippen molar-refractivity contribution in [3.05, 3.63) is 59.9 Å². The van der Waals surface area contributed by atoms with Crippen LogP contribution in [0.25, 0.3) is 11.0 Å². The molecular formula is C21H22N4O3S. The van der Waals surface area contributed by atoms with Crippen molar-refractivity contribution in [2.24, 2.45) is 0 Å². The van der Waals surface area contributed by atoms with Crippen LogP contribution in [0, 0.1) is 0 Å². The molecule has 0 radical (unpaired) electrons. The van der Waals surface area contributed by atoms with E-state index in [0.717, 1.165) is 35.4 Å². The van der Waals surface area contributed by atoms with Crippen molar-refractivity contribution >= 4 is 40.6 Å². The molecule has 1 fully saturated rings. The van der Waals surface area contributed by atoms with Gasteiger partial charge in [0.1, 0.15) is 5.65 Å². The molecule has 150 valence electrons. The quantitative estimate of drug-likeness (QED) is 0.529. The molecule has 0 aliphatic carbocycles. The monoisotopic (exact) mass is 410 g/mol. The van der Waals surface area contributed by atoms with Crippen molar-refractivity contribution in [2.75, 3.05) is 38.2 Å². The summed E-state index contributed by atoms with van der Waals surface area (Å²) in [4.78, 5) is 31.6. The van der Waals surface area contributed by atoms with Crippen LogP contribution in [0.5, 0.6) is 0 Å². The fourth-order valence-corrected chi connectivity index (χ4v) is 3.78. The van der Waals surface area contributed by atoms with E-state index in [-0.39, 0.29) is 11.2 Å². The number of hydrogen-bond acceptors (Lipinski definition) is 5. The van der Waals surface area contributed by atoms with E-state index < -0.39 is 0 Å². The molecule has 0 atom stereocenters. The second-order valence-corrected chi connectivity index (χ2v) is 7.38. The number of anilines is 1. The number of fused-ring (bicyclic) bond motifs is 1. The Morgan fingerprint density at radius 2 is 1.83 bits per heavy atom. The molecule has 8 heteroatoms. The van der Waals surface area contributed by atoms with E-state index in [1.54, 1.807) is 17.0 Å². The molecule has 4 rings (SSSR count). The van der Waals surface area contributed by atoms with Crippen molar-refractivity contribution in [2.45, 2.75) is 6.54 Å². The van der Waals surface area contributed by atoms with Gasteiger partial charge in [-0.2, -0.15) is 0 Å². The Morgan fingerprint density at radius 3 is 2.48 bits per heavy atom. The molecule has 3 aromatic rings. The fourth-order valence-electron chi connectivity index (χ4n) is 3.58. The fraction of sp³-hybridized carbons (Fsp3) is 0.286. The lowest BCUT2D eigenvalue weighted by atomic mass is 10.1. The molecule has 1 aromatic carbocycles. The molecule has 1 aliphatic heterocycles. The number of thiol groups is 1. The first-order valence-electron chi connectivity index (χ1n) is 9.40. The SMILES string of the molecule is COC(=O)c1ccc(Cn2ccc3cc(N4CCN(C(=O)S)CC4)cnc32)cc1. The minimum atomic E-state index is -0.336. The van der Waals surface area contributed by atoms with E-state index in [4.69, 9.17) is 4.74 Å². The van der Waals surface area contributed by atoms with Crippen molar-refractivity contribution in [3.8, 4) is 0 Å². The number of nitrogens with zero attached hydrogens (tertiary/aromatic N) is 4. The number of hydrogen-bond donors (Lipinski definition) is 1. The molecule has 1 amide bonds. The summed E-state index contributed by atoms with van der Waals surface area (Å²) in [6.07, 6.45) is 3.91. The molecule has 29 heavy (non-hydrogen) atoms. The normalized spacial score (nSPS) is 14.3. The second-order valence-electron chi connectivity index (χ2n) is 7.00. The molecule has 0 bridgehead atoms. The number of ether oxygens (including phenoxy) is 1. The van der Waals surface area contributed by atoms with Gasteiger partial charge in [0.15, 0.2) is 0 Å². The van der Waals surface area contributed by atoms with Crippen molar-refractivity contribution in [1.29, 1.82) is 0 Å². The van der Waals surface area contributed by atoms with Crippen molar-refractivity contribution < 1.29 is 14.3 Å². The smallest absolute Gasteiger partial charge is 0.337 e. The van der Waals surface area contributed by atoms with Gasteiger partial charge in [0.2, 0.25) is 0 Å². The summed E-state index contributed by atoms with van der Waals surface area (Å²) in [6, 6.07) is 11.6. The maximum Gasteiger partial charge on any atom is 0.337 e. The predicted molar refractivity (Wildman–Crippen MR) is 115 cm³/mol. The molecule has 0 spiro atoms. The third kappa shape index (κ3) is 4.07. The molecular weight excluding hydrogens is 388 g/mol. The van der Waals surface area contributed by atoms with Gasteiger partial charge in [-0.1, -0.05) is 24.8 Å². The molecule has 1 saturated heterocycles. The van der Waals surface area contributed by atoms with Gasteiger partial charge in [-0.3, -0.25) is 4.79 Å². The Kier molecular flexibility index (Phi) is 5.44. The topological polar surface area (TPSA) is 67.7 Å². The number of piperazine rings is 1. The van der Waals surface area contributed by atoms with Gasteiger partial charge in [-0.25, -0.2) is 9.78 Å². The number of amides is 1. The van der Waals surface area contributed by atoms with E-state index in [0.29, 0.717) is 25.2 Å². The minimum absolute atomic E-state index is 0.171. The van der Waals surface area contributed by atoms with Gasteiger partial charge >= 0.3 is 5.97 Å². The van der Waals surface area contributed by atoms with Gasteiger partial charge in [0.05, 0.1) is 24.6 Å². The molecule has 7 nitrogen and oxygen atoms in total. The van der Waals surface area contributed by atoms with E-state index in [9.17, 15) is 9.59 Å². The summed E-state index contributed by atoms with van der Waals surface area (Å²) < 4.78 is 6.82. The highest BCUT2D eigenvalue weighted by molar-refractivity contribution is 7.96. The summed E-state index contributed by atoms with van der Waals surface area (Å²) in [7, 11) is 1.38. The van der Waals surface area contributed by atoms with Crippen LogP contribution in [0.15, 0.2) is 48.8 Å². The maximum absolute atomic E-state index is 11.6. The zero-order valence-corrected chi connectivity index (χ0v) is 17.0. The van der Waals surface area contributed by atoms with E-state index in [1.807, 2.05) is 24.5 Å². The van der Waals surface area contributed by atoms with Gasteiger partial charge < -0.3 is 19.1 Å². The van der Waals surface area contributed by atoms with Crippen LogP contribution < -0.4 is 4.90 Å². The Labute approximate surface area is 174 Å². The summed E-state index contributed by atoms with van der Waals surface area (Å²) in [5.41, 5.74) is 3.59. The highest BCUT2D eigenvalue weighted by atomic mass is 32.1. The third-order valence-corrected chi connectivity index (χ3v) is 5.51. The highest BCUT2D eigenvalue weighted by Crippen LogP contribution is 2.23. The molecule has 0 saturated carbocycles. The number of aromatic nitrogens is 2. The molecule has 0 unspecified atom stereocenters. The van der Waals surface area contributed by atoms with Gasteiger partial charge in [-0.15, -0.1) is 0 Å². The van der Waals surface area contributed by atoms with Crippen LogP contribution in [-0.2, 0) is 11.3 Å². The number of rotatable bonds is 4. The standard InChI is InChI=1S/C21H22N4O3S/c1-28-20(26)16-4-2-15(3-5-16)14-25-7-6-17-12-18(13-22-19(17)25)23-8-10-24(11-9-23)21(27)29/h2-7,12-13H,8-11,14H2,1H3,(H,27,29). The van der Waals surface area contributed by atoms with Crippen LogP contribution in [0.1, 0.15) is 15.9 Å². The van der Waals surface area contributed by atoms with E-state index in [2.05, 4.69) is 39.2 Å². The molecule has 3 heterocycles. The summed E-state index contributed by atoms with van der Waals surface area (Å²) in [5, 5.41) is 0.899. The Bertz CT molecular complexity index is 1040. The van der Waals surface area contributed by atoms with Crippen LogP contribution in [-0.4, -0.2) is 58.9 Å². The number of carbonyl (C=O) groups excluding carboxylic acids is 2. The lowest BCUT2D eigenvalue weighted by Crippen LogP contribution is -2.47. The summed E-state index contributed by atoms with van der Waals surface area (Å²) in [6.45, 7) is 3.55. The maximum atomic E-state index is 11.6. The van der Waals surface area contributed by atoms with E-state index >= 15 is 0 Å². The molecule has 2 aromatic heterocycles. The zero-order chi connectivity index (χ0) is 20.4. The van der Waals surface area contributed by atoms with Crippen LogP contribution >= 0.6 is 12.6 Å². The Hall–Kier alpha value is -3.00. The zero-order valence-electron chi connectivity index (χ0n) is 16.1. The average Bonchev–Trinajstić information content (AvgIpc) is 3.15. The summed E-state index contributed by atoms with van der Waals surface area (Å²) in [5.74, 6) is -0.336. The number of methoxy groups -OCH3 is 1. The average molecular weight is 410 g/mol. The number of pyridine rings is 1. The summed E-state index contributed by atoms with van der Waals surface area (Å²) >= 11 is 3.90. The van der Waals surface area contributed by atoms with Crippen LogP contribution in [0.2, 0.25) is 0 Å². The number of benzene rings is 1. The predicted octanol–water partition coefficient (Wildman–Crippen LogP) is 3.04. The van der Waals surface area contributed by atoms with Crippen molar-refractivity contribution in [3.63, 3.8) is 0 Å². The third-order valence-electron chi connectivity index (χ3n) is 5.23. The van der Waals surface area contributed by atoms with Gasteiger partial charge in [0.25, 0.3) is 5.24 Å². The van der Waals surface area contributed by atoms with Crippen molar-refractivity contribution in [1.82, 2.24) is 14.5 Å². The lowest BCUT2D eigenvalue weighted by Gasteiger charge is -2.35. The van der Waals surface area contributed by atoms with Gasteiger partial charge in [-0.05, 0) is 29.8 Å². The highest BCUT2D eigenvalue weighted by Gasteiger charge is 2.20. The second kappa shape index (κ2) is 8.16. The number of carbonyl (C=O) groups is 2. The number of esters is 1. The Balaban J connectivity index is 1.48. The van der Waals surface area contributed by atoms with E-state index in [1.165, 1.54) is 7.11 Å². The van der Waals surface area contributed by atoms with Crippen LogP contribution in [0.3, 0.4) is 0 Å². The van der Waals surface area contributed by atoms with Gasteiger partial charge in [0, 0.05) is 44.3 Å². The first-order chi connectivity index (χ1) is 14.0. The Morgan fingerprint density at radius 1 is 1.10 bits per heavy atom. The lowest BCUT2D eigenvalue weighted by molar-refractivity contribution is 0.0600. The molecule has 0 N–H and O–H groups in total. The largest absolute Gasteiger partial charge is 0.465 e. The first kappa shape index (κ1) is 19.3. The van der Waals surface area contributed by atoms with Crippen LogP contribution in [0.4, 0.5) is 10.5 Å². The minimum Gasteiger partial charge on any atom is -0.465 e.